The first-order valence-electron chi connectivity index (χ1n) is 10.3. The molecule has 6 N–H and O–H groups in total. The maximum atomic E-state index is 12.2. The maximum Gasteiger partial charge on any atom is 0.490 e. The van der Waals surface area contributed by atoms with Gasteiger partial charge in [-0.3, -0.25) is 13.9 Å². The van der Waals surface area contributed by atoms with Crippen molar-refractivity contribution in [1.82, 2.24) is 19.5 Å². The zero-order chi connectivity index (χ0) is 26.7. The molecule has 1 saturated heterocycles. The largest absolute Gasteiger partial charge is 0.490 e. The van der Waals surface area contributed by atoms with E-state index in [1.165, 1.54) is 17.2 Å². The summed E-state index contributed by atoms with van der Waals surface area (Å²) in [7, 11) is -16.7. The number of hydrogen-bond acceptors (Lipinski definition) is 13. The highest BCUT2D eigenvalue weighted by atomic mass is 31.3. The lowest BCUT2D eigenvalue weighted by atomic mass is 10.2. The summed E-state index contributed by atoms with van der Waals surface area (Å²) in [5.74, 6) is -0.444. The Balaban J connectivity index is 1.75. The first-order valence-corrected chi connectivity index (χ1v) is 14.8. The Morgan fingerprint density at radius 2 is 1.89 bits per heavy atom. The second-order valence-electron chi connectivity index (χ2n) is 7.47. The van der Waals surface area contributed by atoms with E-state index in [1.54, 1.807) is 0 Å². The minimum absolute atomic E-state index is 0.0393. The van der Waals surface area contributed by atoms with E-state index >= 15 is 0 Å². The smallest absolute Gasteiger partial charge is 0.459 e. The number of nitrogen functional groups attached to an aromatic ring is 1. The third kappa shape index (κ3) is 7.84. The van der Waals surface area contributed by atoms with Crippen molar-refractivity contribution in [2.24, 2.45) is 0 Å². The van der Waals surface area contributed by atoms with Crippen LogP contribution in [0.3, 0.4) is 0 Å². The number of anilines is 1. The molecule has 3 heterocycles. The molecule has 0 saturated carbocycles. The van der Waals surface area contributed by atoms with E-state index in [2.05, 4.69) is 28.1 Å². The summed E-state index contributed by atoms with van der Waals surface area (Å²) in [4.78, 5) is 60.6. The number of nitrogens with two attached hydrogens (primary N) is 1. The number of ether oxygens (including phenoxy) is 2. The third-order valence-electron chi connectivity index (χ3n) is 4.71. The Morgan fingerprint density at radius 3 is 2.56 bits per heavy atom. The molecular weight excluding hydrogens is 551 g/mol. The molecule has 21 heteroatoms. The van der Waals surface area contributed by atoms with E-state index in [4.69, 9.17) is 25.0 Å². The Kier molecular flexibility index (Phi) is 9.02. The van der Waals surface area contributed by atoms with Crippen LogP contribution < -0.4 is 5.73 Å². The number of imidazole rings is 1. The lowest BCUT2D eigenvalue weighted by Gasteiger charge is -2.21. The quantitative estimate of drug-likeness (QED) is 0.175. The van der Waals surface area contributed by atoms with Gasteiger partial charge in [-0.25, -0.2) is 28.6 Å². The average Bonchev–Trinajstić information content (AvgIpc) is 3.33. The Labute approximate surface area is 203 Å². The lowest BCUT2D eigenvalue weighted by Crippen LogP contribution is -2.31. The molecule has 18 nitrogen and oxygen atoms in total. The first kappa shape index (κ1) is 28.8. The van der Waals surface area contributed by atoms with Gasteiger partial charge in [0.2, 0.25) is 0 Å². The highest BCUT2D eigenvalue weighted by Crippen LogP contribution is 2.66. The van der Waals surface area contributed by atoms with Crippen LogP contribution in [-0.2, 0) is 41.1 Å². The predicted molar refractivity (Wildman–Crippen MR) is 117 cm³/mol. The first-order chi connectivity index (χ1) is 16.7. The van der Waals surface area contributed by atoms with Gasteiger partial charge in [-0.2, -0.15) is 8.62 Å². The summed E-state index contributed by atoms with van der Waals surface area (Å²) in [5, 5.41) is 0. The number of fused-ring (bicyclic) bond motifs is 1. The van der Waals surface area contributed by atoms with Crippen molar-refractivity contribution in [3.63, 3.8) is 0 Å². The second-order valence-corrected chi connectivity index (χ2v) is 11.9. The summed E-state index contributed by atoms with van der Waals surface area (Å²) >= 11 is 0. The molecule has 2 aromatic heterocycles. The van der Waals surface area contributed by atoms with E-state index in [-0.39, 0.29) is 24.2 Å². The molecule has 5 atom stereocenters. The minimum Gasteiger partial charge on any atom is -0.459 e. The minimum atomic E-state index is -5.70. The highest BCUT2D eigenvalue weighted by molar-refractivity contribution is 7.66. The monoisotopic (exact) mass is 575 g/mol. The van der Waals surface area contributed by atoms with Crippen molar-refractivity contribution in [3.05, 3.63) is 12.7 Å². The number of nitrogens with zero attached hydrogens (tertiary/aromatic N) is 4. The molecule has 0 bridgehead atoms. The van der Waals surface area contributed by atoms with Crippen LogP contribution in [0.25, 0.3) is 11.2 Å². The third-order valence-corrected chi connectivity index (χ3v) is 8.52. The van der Waals surface area contributed by atoms with Crippen molar-refractivity contribution < 1.29 is 60.7 Å². The predicted octanol–water partition coefficient (Wildman–Crippen LogP) is 1.14. The van der Waals surface area contributed by atoms with Gasteiger partial charge in [0.05, 0.1) is 12.9 Å². The van der Waals surface area contributed by atoms with E-state index in [0.717, 1.165) is 6.42 Å². The van der Waals surface area contributed by atoms with Gasteiger partial charge in [0, 0.05) is 12.8 Å². The Morgan fingerprint density at radius 1 is 1.17 bits per heavy atom. The lowest BCUT2D eigenvalue weighted by molar-refractivity contribution is -0.153. The molecule has 202 valence electrons. The summed E-state index contributed by atoms with van der Waals surface area (Å²) < 4.78 is 59.2. The fraction of sp³-hybridized carbons (Fsp3) is 0.600. The van der Waals surface area contributed by atoms with Crippen molar-refractivity contribution in [1.29, 1.82) is 0 Å². The van der Waals surface area contributed by atoms with Crippen LogP contribution in [0.1, 0.15) is 38.8 Å². The van der Waals surface area contributed by atoms with Crippen LogP contribution in [0.15, 0.2) is 12.7 Å². The summed E-state index contributed by atoms with van der Waals surface area (Å²) in [6.45, 7) is 1.08. The van der Waals surface area contributed by atoms with E-state index < -0.39 is 54.5 Å². The normalized spacial score (nSPS) is 23.9. The molecule has 0 aromatic carbocycles. The number of phosphoric ester groups is 1. The van der Waals surface area contributed by atoms with Crippen LogP contribution in [-0.4, -0.2) is 63.9 Å². The molecule has 0 spiro atoms. The number of carbonyl (C=O) groups excluding carboxylic acids is 1. The Hall–Kier alpha value is -1.81. The van der Waals surface area contributed by atoms with E-state index in [0.29, 0.717) is 12.1 Å². The molecule has 0 aliphatic carbocycles. The maximum absolute atomic E-state index is 12.2. The van der Waals surface area contributed by atoms with Gasteiger partial charge in [-0.1, -0.05) is 13.3 Å². The van der Waals surface area contributed by atoms with Crippen molar-refractivity contribution in [2.45, 2.75) is 51.0 Å². The van der Waals surface area contributed by atoms with E-state index in [1.807, 2.05) is 6.92 Å². The fourth-order valence-corrected chi connectivity index (χ4v) is 6.28. The van der Waals surface area contributed by atoms with Gasteiger partial charge in [0.25, 0.3) is 0 Å². The molecule has 36 heavy (non-hydrogen) atoms. The van der Waals surface area contributed by atoms with E-state index in [9.17, 15) is 28.3 Å². The van der Waals surface area contributed by atoms with Crippen LogP contribution in [0.2, 0.25) is 0 Å². The van der Waals surface area contributed by atoms with Crippen LogP contribution in [0, 0.1) is 0 Å². The number of rotatable bonds is 12. The van der Waals surface area contributed by atoms with Gasteiger partial charge in [0.1, 0.15) is 30.3 Å². The van der Waals surface area contributed by atoms with Gasteiger partial charge >= 0.3 is 29.4 Å². The number of unbranched alkanes of at least 4 members (excludes halogenated alkanes) is 1. The highest BCUT2D eigenvalue weighted by Gasteiger charge is 2.44. The number of phosphoric acid groups is 3. The van der Waals surface area contributed by atoms with Gasteiger partial charge in [-0.05, 0) is 6.42 Å². The fourth-order valence-electron chi connectivity index (χ4n) is 3.25. The average molecular weight is 575 g/mol. The van der Waals surface area contributed by atoms with Crippen LogP contribution >= 0.6 is 23.5 Å². The molecular formula is C15H24N5O13P3. The molecule has 2 aromatic rings. The van der Waals surface area contributed by atoms with Crippen LogP contribution in [0.4, 0.5) is 5.82 Å². The van der Waals surface area contributed by atoms with Crippen molar-refractivity contribution in [2.75, 3.05) is 12.3 Å². The van der Waals surface area contributed by atoms with Crippen molar-refractivity contribution >= 4 is 46.4 Å². The zero-order valence-electron chi connectivity index (χ0n) is 18.6. The van der Waals surface area contributed by atoms with Crippen LogP contribution in [0.5, 0.6) is 0 Å². The molecule has 3 rings (SSSR count). The molecule has 0 radical (unpaired) electrons. The van der Waals surface area contributed by atoms with Gasteiger partial charge in [0.15, 0.2) is 11.5 Å². The summed E-state index contributed by atoms with van der Waals surface area (Å²) in [6.07, 6.45) is 0.991. The number of aromatic nitrogens is 4. The molecule has 5 unspecified atom stereocenters. The molecule has 1 aliphatic heterocycles. The standard InChI is InChI=1S/C15H24N5O13P3/c1-2-3-4-12(21)31-9-5-11(20-8-19-13-14(16)17-7-18-15(13)20)30-10(9)6-29-35(25,26)33-36(27,28)32-34(22,23)24/h7-11H,2-6H2,1H3,(H,25,26)(H,27,28)(H2,16,17,18)(H2,22,23,24). The van der Waals surface area contributed by atoms with Gasteiger partial charge < -0.3 is 34.8 Å². The second kappa shape index (κ2) is 11.3. The topological polar surface area (TPSA) is 265 Å². The molecule has 1 aliphatic rings. The molecule has 0 amide bonds. The SMILES string of the molecule is CCCCC(=O)OC1CC(n2cnc3c(N)ncnc32)OC1COP(=O)(O)OP(=O)(O)OP(=O)(O)O. The zero-order valence-corrected chi connectivity index (χ0v) is 21.3. The number of esters is 1. The number of hydrogen-bond donors (Lipinski definition) is 5. The summed E-state index contributed by atoms with van der Waals surface area (Å²) in [5.41, 5.74) is 6.38. The van der Waals surface area contributed by atoms with Gasteiger partial charge in [-0.15, -0.1) is 0 Å². The summed E-state index contributed by atoms with van der Waals surface area (Å²) in [6, 6.07) is 0. The van der Waals surface area contributed by atoms with Crippen molar-refractivity contribution in [3.8, 4) is 0 Å². The molecule has 1 fully saturated rings. The number of carbonyl (C=O) groups is 1. The Bertz CT molecular complexity index is 1230.